The molecule has 0 aliphatic heterocycles. The molecule has 7 heteroatoms. The molecule has 0 unspecified atom stereocenters. The molecule has 3 rings (SSSR count). The zero-order chi connectivity index (χ0) is 16.2. The van der Waals surface area contributed by atoms with Crippen molar-refractivity contribution in [3.05, 3.63) is 58.6 Å². The third-order valence-electron chi connectivity index (χ3n) is 3.15. The molecule has 0 aliphatic rings. The minimum Gasteiger partial charge on any atom is -0.487 e. The summed E-state index contributed by atoms with van der Waals surface area (Å²) in [5.41, 5.74) is 1.25. The molecule has 0 saturated carbocycles. The van der Waals surface area contributed by atoms with Crippen molar-refractivity contribution in [1.82, 2.24) is 14.4 Å². The summed E-state index contributed by atoms with van der Waals surface area (Å²) in [5.74, 6) is 0.916. The number of carbonyl (C=O) groups is 1. The van der Waals surface area contributed by atoms with Crippen molar-refractivity contribution in [2.75, 3.05) is 6.61 Å². The van der Waals surface area contributed by atoms with E-state index in [0.29, 0.717) is 30.3 Å². The van der Waals surface area contributed by atoms with Crippen molar-refractivity contribution in [3.63, 3.8) is 0 Å². The molecule has 0 bridgehead atoms. The fraction of sp³-hybridized carbons (Fsp3) is 0.188. The first-order chi connectivity index (χ1) is 11.2. The maximum atomic E-state index is 11.6. The van der Waals surface area contributed by atoms with Gasteiger partial charge in [-0.1, -0.05) is 0 Å². The number of rotatable bonds is 5. The monoisotopic (exact) mass is 375 g/mol. The summed E-state index contributed by atoms with van der Waals surface area (Å²) >= 11 is 3.49. The van der Waals surface area contributed by atoms with Crippen LogP contribution in [0.3, 0.4) is 0 Å². The highest BCUT2D eigenvalue weighted by molar-refractivity contribution is 9.10. The van der Waals surface area contributed by atoms with E-state index in [1.54, 1.807) is 37.4 Å². The van der Waals surface area contributed by atoms with E-state index in [9.17, 15) is 4.79 Å². The number of ether oxygens (including phenoxy) is 2. The molecule has 23 heavy (non-hydrogen) atoms. The van der Waals surface area contributed by atoms with Crippen molar-refractivity contribution in [1.29, 1.82) is 0 Å². The molecule has 3 aromatic rings. The second kappa shape index (κ2) is 6.78. The molecule has 118 valence electrons. The highest BCUT2D eigenvalue weighted by Crippen LogP contribution is 2.20. The molecule has 0 aliphatic carbocycles. The van der Waals surface area contributed by atoms with Gasteiger partial charge in [-0.25, -0.2) is 14.8 Å². The quantitative estimate of drug-likeness (QED) is 0.640. The largest absolute Gasteiger partial charge is 0.487 e. The standard InChI is InChI=1S/C16H14BrN3O3/c1-2-22-15(21)11-4-6-12(7-5-11)23-10-13-14(17)20-9-3-8-18-16(20)19-13/h3-9H,2,10H2,1H3. The van der Waals surface area contributed by atoms with Crippen LogP contribution in [-0.2, 0) is 11.3 Å². The van der Waals surface area contributed by atoms with Crippen LogP contribution in [0.15, 0.2) is 47.3 Å². The third kappa shape index (κ3) is 3.34. The zero-order valence-corrected chi connectivity index (χ0v) is 14.0. The van der Waals surface area contributed by atoms with Crippen molar-refractivity contribution in [3.8, 4) is 5.75 Å². The maximum absolute atomic E-state index is 11.6. The van der Waals surface area contributed by atoms with Gasteiger partial charge in [0.1, 0.15) is 22.7 Å². The molecule has 0 saturated heterocycles. The van der Waals surface area contributed by atoms with Crippen LogP contribution >= 0.6 is 15.9 Å². The lowest BCUT2D eigenvalue weighted by atomic mass is 10.2. The molecule has 0 amide bonds. The topological polar surface area (TPSA) is 65.7 Å². The van der Waals surface area contributed by atoms with E-state index in [1.807, 2.05) is 16.7 Å². The molecular formula is C16H14BrN3O3. The van der Waals surface area contributed by atoms with Crippen molar-refractivity contribution < 1.29 is 14.3 Å². The molecule has 0 fully saturated rings. The van der Waals surface area contributed by atoms with Crippen LogP contribution < -0.4 is 4.74 Å². The van der Waals surface area contributed by atoms with Crippen LogP contribution in [0.25, 0.3) is 5.78 Å². The van der Waals surface area contributed by atoms with Gasteiger partial charge in [0.15, 0.2) is 0 Å². The van der Waals surface area contributed by atoms with E-state index in [1.165, 1.54) is 0 Å². The Bertz CT molecular complexity index is 830. The SMILES string of the molecule is CCOC(=O)c1ccc(OCc2nc3ncccn3c2Br)cc1. The molecule has 6 nitrogen and oxygen atoms in total. The predicted octanol–water partition coefficient (Wildman–Crippen LogP) is 3.25. The summed E-state index contributed by atoms with van der Waals surface area (Å²) in [4.78, 5) is 20.2. The van der Waals surface area contributed by atoms with Gasteiger partial charge in [-0.05, 0) is 53.2 Å². The van der Waals surface area contributed by atoms with Crippen LogP contribution in [0.1, 0.15) is 23.0 Å². The van der Waals surface area contributed by atoms with Crippen molar-refractivity contribution in [2.45, 2.75) is 13.5 Å². The Morgan fingerprint density at radius 1 is 1.30 bits per heavy atom. The fourth-order valence-electron chi connectivity index (χ4n) is 2.05. The number of nitrogens with zero attached hydrogens (tertiary/aromatic N) is 3. The maximum Gasteiger partial charge on any atom is 0.338 e. The lowest BCUT2D eigenvalue weighted by Gasteiger charge is -2.06. The van der Waals surface area contributed by atoms with Gasteiger partial charge in [-0.15, -0.1) is 0 Å². The van der Waals surface area contributed by atoms with Gasteiger partial charge in [0.25, 0.3) is 0 Å². The molecule has 0 atom stereocenters. The second-order valence-electron chi connectivity index (χ2n) is 4.67. The highest BCUT2D eigenvalue weighted by Gasteiger charge is 2.11. The average molecular weight is 376 g/mol. The summed E-state index contributed by atoms with van der Waals surface area (Å²) in [7, 11) is 0. The number of fused-ring (bicyclic) bond motifs is 1. The van der Waals surface area contributed by atoms with E-state index in [0.717, 1.165) is 10.3 Å². The van der Waals surface area contributed by atoms with Crippen molar-refractivity contribution >= 4 is 27.7 Å². The Labute approximate surface area is 141 Å². The van der Waals surface area contributed by atoms with E-state index >= 15 is 0 Å². The van der Waals surface area contributed by atoms with Gasteiger partial charge < -0.3 is 9.47 Å². The molecule has 0 N–H and O–H groups in total. The number of hydrogen-bond acceptors (Lipinski definition) is 5. The first-order valence-electron chi connectivity index (χ1n) is 7.06. The zero-order valence-electron chi connectivity index (χ0n) is 12.4. The van der Waals surface area contributed by atoms with Crippen LogP contribution in [0.4, 0.5) is 0 Å². The van der Waals surface area contributed by atoms with Gasteiger partial charge in [0.2, 0.25) is 5.78 Å². The van der Waals surface area contributed by atoms with Crippen LogP contribution in [0.5, 0.6) is 5.75 Å². The molecule has 0 spiro atoms. The number of hydrogen-bond donors (Lipinski definition) is 0. The number of benzene rings is 1. The summed E-state index contributed by atoms with van der Waals surface area (Å²) in [6.45, 7) is 2.42. The third-order valence-corrected chi connectivity index (χ3v) is 3.99. The number of carbonyl (C=O) groups excluding carboxylic acids is 1. The van der Waals surface area contributed by atoms with Crippen molar-refractivity contribution in [2.24, 2.45) is 0 Å². The minimum atomic E-state index is -0.340. The van der Waals surface area contributed by atoms with Gasteiger partial charge in [-0.3, -0.25) is 4.40 Å². The smallest absolute Gasteiger partial charge is 0.338 e. The van der Waals surface area contributed by atoms with Gasteiger partial charge in [0, 0.05) is 12.4 Å². The molecule has 2 aromatic heterocycles. The van der Waals surface area contributed by atoms with Crippen LogP contribution in [0, 0.1) is 0 Å². The normalized spacial score (nSPS) is 10.7. The van der Waals surface area contributed by atoms with E-state index in [-0.39, 0.29) is 5.97 Å². The minimum absolute atomic E-state index is 0.294. The van der Waals surface area contributed by atoms with Crippen LogP contribution in [-0.4, -0.2) is 26.9 Å². The molecule has 1 aromatic carbocycles. The number of esters is 1. The van der Waals surface area contributed by atoms with Gasteiger partial charge in [-0.2, -0.15) is 0 Å². The van der Waals surface area contributed by atoms with E-state index in [2.05, 4.69) is 25.9 Å². The Kier molecular flexibility index (Phi) is 4.57. The highest BCUT2D eigenvalue weighted by atomic mass is 79.9. The summed E-state index contributed by atoms with van der Waals surface area (Å²) in [6, 6.07) is 8.64. The number of aromatic nitrogens is 3. The van der Waals surface area contributed by atoms with E-state index in [4.69, 9.17) is 9.47 Å². The summed E-state index contributed by atoms with van der Waals surface area (Å²) in [5, 5.41) is 0. The average Bonchev–Trinajstić information content (AvgIpc) is 2.90. The summed E-state index contributed by atoms with van der Waals surface area (Å²) < 4.78 is 13.3. The second-order valence-corrected chi connectivity index (χ2v) is 5.42. The first-order valence-corrected chi connectivity index (χ1v) is 7.85. The Hall–Kier alpha value is -2.41. The Balaban J connectivity index is 1.70. The van der Waals surface area contributed by atoms with Gasteiger partial charge in [0.05, 0.1) is 12.2 Å². The summed E-state index contributed by atoms with van der Waals surface area (Å²) in [6.07, 6.45) is 3.56. The Morgan fingerprint density at radius 3 is 2.78 bits per heavy atom. The predicted molar refractivity (Wildman–Crippen MR) is 87.4 cm³/mol. The molecule has 2 heterocycles. The van der Waals surface area contributed by atoms with Crippen LogP contribution in [0.2, 0.25) is 0 Å². The molecular weight excluding hydrogens is 362 g/mol. The lowest BCUT2D eigenvalue weighted by Crippen LogP contribution is -2.04. The lowest BCUT2D eigenvalue weighted by molar-refractivity contribution is 0.0526. The van der Waals surface area contributed by atoms with E-state index < -0.39 is 0 Å². The molecule has 0 radical (unpaired) electrons. The fourth-order valence-corrected chi connectivity index (χ4v) is 2.53. The Morgan fingerprint density at radius 2 is 2.09 bits per heavy atom. The number of halogens is 1. The first kappa shape index (κ1) is 15.5. The van der Waals surface area contributed by atoms with Gasteiger partial charge >= 0.3 is 5.97 Å². The number of imidazole rings is 1.